The van der Waals surface area contributed by atoms with Crippen LogP contribution in [0.25, 0.3) is 0 Å². The molecule has 1 aromatic rings. The third-order valence-corrected chi connectivity index (χ3v) is 1.27. The van der Waals surface area contributed by atoms with E-state index in [1.54, 1.807) is 25.2 Å². The van der Waals surface area contributed by atoms with Crippen molar-refractivity contribution in [2.24, 2.45) is 0 Å². The fourth-order valence-corrected chi connectivity index (χ4v) is 0.765. The number of anilines is 1. The van der Waals surface area contributed by atoms with Gasteiger partial charge in [0.25, 0.3) is 0 Å². The lowest BCUT2D eigenvalue weighted by atomic mass is 10.2. The van der Waals surface area contributed by atoms with Gasteiger partial charge in [-0.05, 0) is 6.07 Å². The molecule has 0 amide bonds. The van der Waals surface area contributed by atoms with Gasteiger partial charge in [-0.25, -0.2) is 0 Å². The van der Waals surface area contributed by atoms with Crippen molar-refractivity contribution in [1.82, 2.24) is 0 Å². The normalized spacial score (nSPS) is 8.90. The summed E-state index contributed by atoms with van der Waals surface area (Å²) in [5.41, 5.74) is 1.39. The van der Waals surface area contributed by atoms with Crippen molar-refractivity contribution in [3.05, 3.63) is 29.8 Å². The van der Waals surface area contributed by atoms with Gasteiger partial charge in [0.2, 0.25) is 0 Å². The largest absolute Gasteiger partial charge is 0.387 e. The third kappa shape index (κ3) is 1.16. The Labute approximate surface area is 59.9 Å². The van der Waals surface area contributed by atoms with E-state index in [9.17, 15) is 4.79 Å². The number of aldehydes is 1. The highest BCUT2D eigenvalue weighted by Gasteiger charge is 1.94. The second-order valence-electron chi connectivity index (χ2n) is 1.87. The van der Waals surface area contributed by atoms with Crippen LogP contribution in [-0.4, -0.2) is 13.3 Å². The molecule has 0 unspecified atom stereocenters. The summed E-state index contributed by atoms with van der Waals surface area (Å²) in [6.07, 6.45) is 0.808. The summed E-state index contributed by atoms with van der Waals surface area (Å²) in [5, 5.41) is 2.86. The minimum absolute atomic E-state index is 0.644. The van der Waals surface area contributed by atoms with E-state index in [2.05, 4.69) is 11.4 Å². The van der Waals surface area contributed by atoms with E-state index >= 15 is 0 Å². The van der Waals surface area contributed by atoms with Crippen molar-refractivity contribution in [2.45, 2.75) is 0 Å². The standard InChI is InChI=1S/C8H8NO/c1-9-8-5-3-2-4-7(8)6-10/h2-4,6,9H,1H3. The fraction of sp³-hybridized carbons (Fsp3) is 0.125. The minimum Gasteiger partial charge on any atom is -0.387 e. The van der Waals surface area contributed by atoms with Gasteiger partial charge in [0, 0.05) is 18.7 Å². The topological polar surface area (TPSA) is 29.1 Å². The van der Waals surface area contributed by atoms with Crippen LogP contribution in [-0.2, 0) is 0 Å². The van der Waals surface area contributed by atoms with Gasteiger partial charge < -0.3 is 5.32 Å². The summed E-state index contributed by atoms with van der Waals surface area (Å²) in [4.78, 5) is 10.3. The lowest BCUT2D eigenvalue weighted by Gasteiger charge is -1.99. The average molecular weight is 134 g/mol. The first kappa shape index (κ1) is 6.81. The van der Waals surface area contributed by atoms with E-state index in [1.807, 2.05) is 0 Å². The quantitative estimate of drug-likeness (QED) is 0.618. The van der Waals surface area contributed by atoms with Gasteiger partial charge in [0.15, 0.2) is 6.29 Å². The van der Waals surface area contributed by atoms with Gasteiger partial charge in [-0.2, -0.15) is 0 Å². The molecule has 1 N–H and O–H groups in total. The Morgan fingerprint density at radius 1 is 1.70 bits per heavy atom. The molecule has 0 atom stereocenters. The Hall–Kier alpha value is -1.31. The van der Waals surface area contributed by atoms with Crippen LogP contribution < -0.4 is 5.32 Å². The lowest BCUT2D eigenvalue weighted by Crippen LogP contribution is -1.92. The average Bonchev–Trinajstić information content (AvgIpc) is 2.04. The monoisotopic (exact) mass is 134 g/mol. The first-order valence-corrected chi connectivity index (χ1v) is 3.02. The van der Waals surface area contributed by atoms with Crippen LogP contribution >= 0.6 is 0 Å². The van der Waals surface area contributed by atoms with Crippen LogP contribution in [0.2, 0.25) is 0 Å². The number of carbonyl (C=O) groups is 1. The number of hydrogen-bond donors (Lipinski definition) is 1. The summed E-state index contributed by atoms with van der Waals surface area (Å²) in [5.74, 6) is 0. The number of carbonyl (C=O) groups excluding carboxylic acids is 1. The number of hydrogen-bond acceptors (Lipinski definition) is 2. The zero-order chi connectivity index (χ0) is 7.40. The van der Waals surface area contributed by atoms with E-state index in [1.165, 1.54) is 0 Å². The highest BCUT2D eigenvalue weighted by molar-refractivity contribution is 5.83. The SMILES string of the molecule is CNc1[c]cccc1C=O. The first-order valence-electron chi connectivity index (χ1n) is 3.02. The summed E-state index contributed by atoms with van der Waals surface area (Å²) in [7, 11) is 1.76. The zero-order valence-electron chi connectivity index (χ0n) is 5.72. The molecule has 2 heteroatoms. The fourth-order valence-electron chi connectivity index (χ4n) is 0.765. The Morgan fingerprint density at radius 3 is 3.00 bits per heavy atom. The minimum atomic E-state index is 0.644. The molecule has 0 aromatic heterocycles. The van der Waals surface area contributed by atoms with E-state index in [0.29, 0.717) is 5.56 Å². The van der Waals surface area contributed by atoms with E-state index in [-0.39, 0.29) is 0 Å². The smallest absolute Gasteiger partial charge is 0.152 e. The Bertz CT molecular complexity index is 232. The molecule has 0 fully saturated rings. The number of nitrogens with one attached hydrogen (secondary N) is 1. The van der Waals surface area contributed by atoms with Crippen LogP contribution in [0, 0.1) is 6.07 Å². The van der Waals surface area contributed by atoms with Crippen molar-refractivity contribution < 1.29 is 4.79 Å². The highest BCUT2D eigenvalue weighted by atomic mass is 16.1. The molecule has 51 valence electrons. The van der Waals surface area contributed by atoms with Gasteiger partial charge in [-0.1, -0.05) is 12.1 Å². The second-order valence-corrected chi connectivity index (χ2v) is 1.87. The van der Waals surface area contributed by atoms with Crippen LogP contribution in [0.4, 0.5) is 5.69 Å². The summed E-state index contributed by atoms with van der Waals surface area (Å²) < 4.78 is 0. The maximum atomic E-state index is 10.3. The highest BCUT2D eigenvalue weighted by Crippen LogP contribution is 2.09. The maximum Gasteiger partial charge on any atom is 0.152 e. The molecule has 1 aromatic carbocycles. The van der Waals surface area contributed by atoms with Crippen molar-refractivity contribution in [2.75, 3.05) is 12.4 Å². The third-order valence-electron chi connectivity index (χ3n) is 1.27. The van der Waals surface area contributed by atoms with Crippen molar-refractivity contribution in [3.8, 4) is 0 Å². The molecule has 0 saturated carbocycles. The number of rotatable bonds is 2. The van der Waals surface area contributed by atoms with Gasteiger partial charge in [-0.3, -0.25) is 4.79 Å². The maximum absolute atomic E-state index is 10.3. The Balaban J connectivity index is 3.08. The predicted molar refractivity (Wildman–Crippen MR) is 40.2 cm³/mol. The van der Waals surface area contributed by atoms with Crippen molar-refractivity contribution >= 4 is 12.0 Å². The van der Waals surface area contributed by atoms with E-state index < -0.39 is 0 Å². The molecule has 0 saturated heterocycles. The van der Waals surface area contributed by atoms with Crippen LogP contribution in [0.3, 0.4) is 0 Å². The van der Waals surface area contributed by atoms with E-state index in [0.717, 1.165) is 12.0 Å². The van der Waals surface area contributed by atoms with Crippen LogP contribution in [0.5, 0.6) is 0 Å². The molecule has 0 spiro atoms. The molecule has 0 bridgehead atoms. The van der Waals surface area contributed by atoms with E-state index in [4.69, 9.17) is 0 Å². The second kappa shape index (κ2) is 3.01. The zero-order valence-corrected chi connectivity index (χ0v) is 5.72. The summed E-state index contributed by atoms with van der Waals surface area (Å²) >= 11 is 0. The molecule has 0 aliphatic heterocycles. The Morgan fingerprint density at radius 2 is 2.50 bits per heavy atom. The number of benzene rings is 1. The van der Waals surface area contributed by atoms with Crippen molar-refractivity contribution in [3.63, 3.8) is 0 Å². The lowest BCUT2D eigenvalue weighted by molar-refractivity contribution is 0.112. The predicted octanol–water partition coefficient (Wildman–Crippen LogP) is 1.34. The molecule has 0 heterocycles. The van der Waals surface area contributed by atoms with Gasteiger partial charge in [-0.15, -0.1) is 0 Å². The molecule has 0 aliphatic rings. The summed E-state index contributed by atoms with van der Waals surface area (Å²) in [6, 6.07) is 8.19. The summed E-state index contributed by atoms with van der Waals surface area (Å²) in [6.45, 7) is 0. The van der Waals surface area contributed by atoms with Crippen molar-refractivity contribution in [1.29, 1.82) is 0 Å². The number of para-hydroxylation sites is 1. The van der Waals surface area contributed by atoms with Crippen LogP contribution in [0.15, 0.2) is 18.2 Å². The van der Waals surface area contributed by atoms with Gasteiger partial charge >= 0.3 is 0 Å². The Kier molecular flexibility index (Phi) is 2.05. The molecule has 1 radical (unpaired) electrons. The molecule has 1 rings (SSSR count). The first-order chi connectivity index (χ1) is 4.88. The van der Waals surface area contributed by atoms with Gasteiger partial charge in [0.1, 0.15) is 0 Å². The molecular weight excluding hydrogens is 126 g/mol. The van der Waals surface area contributed by atoms with Gasteiger partial charge in [0.05, 0.1) is 5.69 Å². The van der Waals surface area contributed by atoms with Crippen LogP contribution in [0.1, 0.15) is 10.4 Å². The molecule has 2 nitrogen and oxygen atoms in total. The molecule has 10 heavy (non-hydrogen) atoms. The molecular formula is C8H8NO. The molecule has 0 aliphatic carbocycles.